The van der Waals surface area contributed by atoms with E-state index in [0.29, 0.717) is 12.2 Å². The van der Waals surface area contributed by atoms with Crippen LogP contribution in [0.15, 0.2) is 30.5 Å². The third-order valence-electron chi connectivity index (χ3n) is 2.81. The number of carboxylic acids is 1. The molecule has 0 saturated carbocycles. The van der Waals surface area contributed by atoms with Gasteiger partial charge in [0.1, 0.15) is 11.8 Å². The molecule has 1 unspecified atom stereocenters. The predicted octanol–water partition coefficient (Wildman–Crippen LogP) is 0.289. The van der Waals surface area contributed by atoms with Gasteiger partial charge >= 0.3 is 5.97 Å². The molecule has 106 valence electrons. The molecule has 2 rings (SSSR count). The highest BCUT2D eigenvalue weighted by molar-refractivity contribution is 5.73. The monoisotopic (exact) mass is 276 g/mol. The SMILES string of the molecule is COc1cccc(Cn2cc(CC(N)C(=O)O)nn2)c1. The number of carboxylic acid groups (broad SMARTS) is 1. The lowest BCUT2D eigenvalue weighted by Gasteiger charge is -2.04. The minimum absolute atomic E-state index is 0.160. The Balaban J connectivity index is 2.03. The van der Waals surface area contributed by atoms with Crippen molar-refractivity contribution >= 4 is 5.97 Å². The Morgan fingerprint density at radius 1 is 1.55 bits per heavy atom. The van der Waals surface area contributed by atoms with Gasteiger partial charge in [-0.1, -0.05) is 17.3 Å². The van der Waals surface area contributed by atoms with E-state index in [1.165, 1.54) is 0 Å². The molecule has 0 spiro atoms. The molecule has 0 bridgehead atoms. The van der Waals surface area contributed by atoms with Crippen LogP contribution in [0.4, 0.5) is 0 Å². The molecule has 0 aliphatic rings. The summed E-state index contributed by atoms with van der Waals surface area (Å²) in [6.45, 7) is 0.534. The maximum Gasteiger partial charge on any atom is 0.320 e. The number of ether oxygens (including phenoxy) is 1. The van der Waals surface area contributed by atoms with E-state index in [2.05, 4.69) is 10.3 Å². The van der Waals surface area contributed by atoms with Crippen LogP contribution < -0.4 is 10.5 Å². The van der Waals surface area contributed by atoms with Gasteiger partial charge in [0.2, 0.25) is 0 Å². The normalized spacial score (nSPS) is 12.1. The zero-order valence-corrected chi connectivity index (χ0v) is 11.1. The predicted molar refractivity (Wildman–Crippen MR) is 71.4 cm³/mol. The summed E-state index contributed by atoms with van der Waals surface area (Å²) in [4.78, 5) is 10.7. The fourth-order valence-corrected chi connectivity index (χ4v) is 1.78. The van der Waals surface area contributed by atoms with Gasteiger partial charge in [-0.05, 0) is 17.7 Å². The van der Waals surface area contributed by atoms with E-state index >= 15 is 0 Å². The quantitative estimate of drug-likeness (QED) is 0.786. The van der Waals surface area contributed by atoms with Gasteiger partial charge < -0.3 is 15.6 Å². The van der Waals surface area contributed by atoms with Crippen molar-refractivity contribution in [3.05, 3.63) is 41.7 Å². The molecule has 7 heteroatoms. The van der Waals surface area contributed by atoms with Gasteiger partial charge in [-0.3, -0.25) is 4.79 Å². The Bertz CT molecular complexity index is 597. The molecule has 3 N–H and O–H groups in total. The zero-order valence-electron chi connectivity index (χ0n) is 11.1. The van der Waals surface area contributed by atoms with E-state index in [9.17, 15) is 4.79 Å². The fraction of sp³-hybridized carbons (Fsp3) is 0.308. The van der Waals surface area contributed by atoms with Crippen molar-refractivity contribution in [3.63, 3.8) is 0 Å². The van der Waals surface area contributed by atoms with Crippen molar-refractivity contribution in [2.75, 3.05) is 7.11 Å². The van der Waals surface area contributed by atoms with Crippen LogP contribution in [-0.4, -0.2) is 39.2 Å². The van der Waals surface area contributed by atoms with Crippen molar-refractivity contribution in [1.82, 2.24) is 15.0 Å². The number of rotatable bonds is 6. The molecule has 0 amide bonds. The molecule has 7 nitrogen and oxygen atoms in total. The topological polar surface area (TPSA) is 103 Å². The first kappa shape index (κ1) is 14.0. The Labute approximate surface area is 116 Å². The van der Waals surface area contributed by atoms with Gasteiger partial charge in [-0.15, -0.1) is 5.10 Å². The van der Waals surface area contributed by atoms with Gasteiger partial charge in [0.25, 0.3) is 0 Å². The zero-order chi connectivity index (χ0) is 14.5. The number of hydrogen-bond donors (Lipinski definition) is 2. The van der Waals surface area contributed by atoms with Crippen LogP contribution in [0.1, 0.15) is 11.3 Å². The van der Waals surface area contributed by atoms with E-state index < -0.39 is 12.0 Å². The number of benzene rings is 1. The highest BCUT2D eigenvalue weighted by Gasteiger charge is 2.14. The maximum absolute atomic E-state index is 10.7. The summed E-state index contributed by atoms with van der Waals surface area (Å²) in [6.07, 6.45) is 1.86. The van der Waals surface area contributed by atoms with Crippen LogP contribution >= 0.6 is 0 Å². The van der Waals surface area contributed by atoms with Crippen molar-refractivity contribution in [3.8, 4) is 5.75 Å². The lowest BCUT2D eigenvalue weighted by Crippen LogP contribution is -2.32. The van der Waals surface area contributed by atoms with Crippen molar-refractivity contribution in [2.45, 2.75) is 19.0 Å². The smallest absolute Gasteiger partial charge is 0.320 e. The molecule has 0 saturated heterocycles. The largest absolute Gasteiger partial charge is 0.497 e. The van der Waals surface area contributed by atoms with Crippen LogP contribution in [0.25, 0.3) is 0 Å². The number of nitrogens with zero attached hydrogens (tertiary/aromatic N) is 3. The summed E-state index contributed by atoms with van der Waals surface area (Å²) in [5.41, 5.74) is 7.03. The summed E-state index contributed by atoms with van der Waals surface area (Å²) >= 11 is 0. The molecular formula is C13H16N4O3. The van der Waals surface area contributed by atoms with Crippen LogP contribution in [0.5, 0.6) is 5.75 Å². The Morgan fingerprint density at radius 3 is 3.05 bits per heavy atom. The maximum atomic E-state index is 10.7. The lowest BCUT2D eigenvalue weighted by atomic mass is 10.2. The second-order valence-electron chi connectivity index (χ2n) is 4.41. The fourth-order valence-electron chi connectivity index (χ4n) is 1.78. The number of aliphatic carboxylic acids is 1. The van der Waals surface area contributed by atoms with Crippen LogP contribution in [0, 0.1) is 0 Å². The van der Waals surface area contributed by atoms with Crippen LogP contribution in [0.2, 0.25) is 0 Å². The van der Waals surface area contributed by atoms with Gasteiger partial charge in [0, 0.05) is 12.6 Å². The van der Waals surface area contributed by atoms with E-state index in [4.69, 9.17) is 15.6 Å². The van der Waals surface area contributed by atoms with E-state index in [0.717, 1.165) is 11.3 Å². The van der Waals surface area contributed by atoms with Gasteiger partial charge in [0.15, 0.2) is 0 Å². The van der Waals surface area contributed by atoms with E-state index in [1.807, 2.05) is 24.3 Å². The summed E-state index contributed by atoms with van der Waals surface area (Å²) in [5.74, 6) is -0.275. The Kier molecular flexibility index (Phi) is 4.31. The summed E-state index contributed by atoms with van der Waals surface area (Å²) in [5, 5.41) is 16.6. The Hall–Kier alpha value is -2.41. The lowest BCUT2D eigenvalue weighted by molar-refractivity contribution is -0.138. The summed E-state index contributed by atoms with van der Waals surface area (Å²) in [6, 6.07) is 6.66. The standard InChI is InChI=1S/C13H16N4O3/c1-20-11-4-2-3-9(5-11)7-17-8-10(15-16-17)6-12(14)13(18)19/h2-5,8,12H,6-7,14H2,1H3,(H,18,19). The number of carbonyl (C=O) groups is 1. The highest BCUT2D eigenvalue weighted by atomic mass is 16.5. The third kappa shape index (κ3) is 3.55. The van der Waals surface area contributed by atoms with Gasteiger partial charge in [0.05, 0.1) is 19.3 Å². The molecule has 1 heterocycles. The molecular weight excluding hydrogens is 260 g/mol. The van der Waals surface area contributed by atoms with Gasteiger partial charge in [-0.2, -0.15) is 0 Å². The second kappa shape index (κ2) is 6.16. The van der Waals surface area contributed by atoms with Crippen molar-refractivity contribution in [2.24, 2.45) is 5.73 Å². The van der Waals surface area contributed by atoms with Crippen molar-refractivity contribution in [1.29, 1.82) is 0 Å². The molecule has 0 radical (unpaired) electrons. The average Bonchev–Trinajstić information content (AvgIpc) is 2.86. The Morgan fingerprint density at radius 2 is 2.35 bits per heavy atom. The molecule has 1 atom stereocenters. The number of hydrogen-bond acceptors (Lipinski definition) is 5. The summed E-state index contributed by atoms with van der Waals surface area (Å²) < 4.78 is 6.79. The first-order chi connectivity index (χ1) is 9.58. The minimum Gasteiger partial charge on any atom is -0.497 e. The summed E-state index contributed by atoms with van der Waals surface area (Å²) in [7, 11) is 1.61. The first-order valence-electron chi connectivity index (χ1n) is 6.09. The van der Waals surface area contributed by atoms with Gasteiger partial charge in [-0.25, -0.2) is 4.68 Å². The molecule has 0 fully saturated rings. The molecule has 20 heavy (non-hydrogen) atoms. The highest BCUT2D eigenvalue weighted by Crippen LogP contribution is 2.13. The van der Waals surface area contributed by atoms with Crippen LogP contribution in [0.3, 0.4) is 0 Å². The second-order valence-corrected chi connectivity index (χ2v) is 4.41. The molecule has 2 aromatic rings. The molecule has 1 aromatic carbocycles. The van der Waals surface area contributed by atoms with Crippen LogP contribution in [-0.2, 0) is 17.8 Å². The number of nitrogens with two attached hydrogens (primary N) is 1. The van der Waals surface area contributed by atoms with E-state index in [1.54, 1.807) is 18.0 Å². The number of aromatic nitrogens is 3. The van der Waals surface area contributed by atoms with Crippen molar-refractivity contribution < 1.29 is 14.6 Å². The molecule has 0 aliphatic heterocycles. The third-order valence-corrected chi connectivity index (χ3v) is 2.81. The number of methoxy groups -OCH3 is 1. The first-order valence-corrected chi connectivity index (χ1v) is 6.09. The average molecular weight is 276 g/mol. The minimum atomic E-state index is -1.05. The van der Waals surface area contributed by atoms with E-state index in [-0.39, 0.29) is 6.42 Å². The molecule has 0 aliphatic carbocycles. The molecule has 1 aromatic heterocycles.